The molecule has 4 nitrogen and oxygen atoms in total. The summed E-state index contributed by atoms with van der Waals surface area (Å²) in [6, 6.07) is 11.9. The van der Waals surface area contributed by atoms with E-state index in [1.165, 1.54) is 12.1 Å². The molecule has 0 unspecified atom stereocenters. The second kappa shape index (κ2) is 10.4. The predicted octanol–water partition coefficient (Wildman–Crippen LogP) is 3.80. The summed E-state index contributed by atoms with van der Waals surface area (Å²) in [7, 11) is 1.80. The second-order valence-corrected chi connectivity index (χ2v) is 6.96. The molecule has 2 rings (SSSR count). The molecule has 0 amide bonds. The summed E-state index contributed by atoms with van der Waals surface area (Å²) in [4.78, 5) is 12.0. The van der Waals surface area contributed by atoms with Crippen molar-refractivity contribution >= 4 is 17.6 Å². The molecule has 2 atom stereocenters. The van der Waals surface area contributed by atoms with Gasteiger partial charge in [-0.25, -0.2) is 4.39 Å². The molecule has 0 aliphatic heterocycles. The monoisotopic (exact) mass is 392 g/mol. The van der Waals surface area contributed by atoms with Gasteiger partial charge in [0.25, 0.3) is 0 Å². The Balaban J connectivity index is 2.02. The summed E-state index contributed by atoms with van der Waals surface area (Å²) >= 11 is 5.96. The number of hydrogen-bond acceptors (Lipinski definition) is 4. The Labute approximate surface area is 164 Å². The largest absolute Gasteiger partial charge is 0.466 e. The standard InChI is InChI=1S/C21H26ClFN2O2/c1-3-27-21(26)16(13-25-2)11-18(24)10-14-4-6-15(7-5-14)19-12-17(22)8-9-20(19)23/h4-9,12,16,18,25H,3,10-11,13,24H2,1-2H3/t16-,18+/m0/s1. The van der Waals surface area contributed by atoms with E-state index >= 15 is 0 Å². The summed E-state index contributed by atoms with van der Waals surface area (Å²) in [5, 5.41) is 3.50. The van der Waals surface area contributed by atoms with Gasteiger partial charge in [-0.3, -0.25) is 4.79 Å². The third-order valence-electron chi connectivity index (χ3n) is 4.35. The van der Waals surface area contributed by atoms with Crippen LogP contribution in [0.15, 0.2) is 42.5 Å². The average Bonchev–Trinajstić information content (AvgIpc) is 2.64. The molecule has 0 radical (unpaired) electrons. The second-order valence-electron chi connectivity index (χ2n) is 6.53. The Bertz CT molecular complexity index is 752. The van der Waals surface area contributed by atoms with Crippen molar-refractivity contribution in [2.45, 2.75) is 25.8 Å². The number of rotatable bonds is 9. The molecule has 146 valence electrons. The van der Waals surface area contributed by atoms with E-state index in [0.717, 1.165) is 11.1 Å². The number of nitrogens with two attached hydrogens (primary N) is 1. The number of ether oxygens (including phenoxy) is 1. The fourth-order valence-corrected chi connectivity index (χ4v) is 3.23. The maximum atomic E-state index is 14.0. The number of nitrogens with one attached hydrogen (secondary N) is 1. The van der Waals surface area contributed by atoms with Crippen molar-refractivity contribution in [2.75, 3.05) is 20.2 Å². The minimum absolute atomic E-state index is 0.179. The average molecular weight is 393 g/mol. The van der Waals surface area contributed by atoms with E-state index in [4.69, 9.17) is 22.1 Å². The highest BCUT2D eigenvalue weighted by atomic mass is 35.5. The Hall–Kier alpha value is -1.95. The summed E-state index contributed by atoms with van der Waals surface area (Å²) in [6.07, 6.45) is 1.16. The van der Waals surface area contributed by atoms with Gasteiger partial charge >= 0.3 is 5.97 Å². The molecule has 0 aromatic heterocycles. The molecular weight excluding hydrogens is 367 g/mol. The first-order valence-corrected chi connectivity index (χ1v) is 9.43. The van der Waals surface area contributed by atoms with Gasteiger partial charge in [0.1, 0.15) is 5.82 Å². The van der Waals surface area contributed by atoms with E-state index in [9.17, 15) is 9.18 Å². The van der Waals surface area contributed by atoms with Gasteiger partial charge in [-0.2, -0.15) is 0 Å². The van der Waals surface area contributed by atoms with E-state index in [1.807, 2.05) is 24.3 Å². The van der Waals surface area contributed by atoms with E-state index < -0.39 is 0 Å². The third-order valence-corrected chi connectivity index (χ3v) is 4.58. The number of carbonyl (C=O) groups excluding carboxylic acids is 1. The molecule has 0 spiro atoms. The molecule has 0 saturated carbocycles. The highest BCUT2D eigenvalue weighted by molar-refractivity contribution is 6.30. The van der Waals surface area contributed by atoms with Crippen LogP contribution in [0.2, 0.25) is 5.02 Å². The van der Waals surface area contributed by atoms with Crippen LogP contribution >= 0.6 is 11.6 Å². The molecule has 6 heteroatoms. The number of benzene rings is 2. The molecule has 2 aromatic rings. The van der Waals surface area contributed by atoms with Gasteiger partial charge in [-0.15, -0.1) is 0 Å². The minimum Gasteiger partial charge on any atom is -0.466 e. The molecule has 0 bridgehead atoms. The maximum Gasteiger partial charge on any atom is 0.310 e. The fraction of sp³-hybridized carbons (Fsp3) is 0.381. The van der Waals surface area contributed by atoms with Crippen LogP contribution in [0.1, 0.15) is 18.9 Å². The first-order valence-electron chi connectivity index (χ1n) is 9.05. The van der Waals surface area contributed by atoms with Crippen molar-refractivity contribution in [3.8, 4) is 11.1 Å². The van der Waals surface area contributed by atoms with Gasteiger partial charge < -0.3 is 15.8 Å². The highest BCUT2D eigenvalue weighted by Crippen LogP contribution is 2.26. The molecular formula is C21H26ClFN2O2. The topological polar surface area (TPSA) is 64.3 Å². The van der Waals surface area contributed by atoms with Crippen LogP contribution in [0, 0.1) is 11.7 Å². The van der Waals surface area contributed by atoms with Gasteiger partial charge in [-0.05, 0) is 56.1 Å². The first-order chi connectivity index (χ1) is 12.9. The summed E-state index contributed by atoms with van der Waals surface area (Å²) in [5.74, 6) is -0.813. The van der Waals surface area contributed by atoms with Gasteiger partial charge in [0.05, 0.1) is 12.5 Å². The zero-order valence-corrected chi connectivity index (χ0v) is 16.4. The van der Waals surface area contributed by atoms with Crippen LogP contribution in [0.4, 0.5) is 4.39 Å². The van der Waals surface area contributed by atoms with Crippen LogP contribution in [-0.2, 0) is 16.0 Å². The lowest BCUT2D eigenvalue weighted by atomic mass is 9.94. The predicted molar refractivity (Wildman–Crippen MR) is 107 cm³/mol. The Morgan fingerprint density at radius 2 is 1.96 bits per heavy atom. The van der Waals surface area contributed by atoms with Gasteiger partial charge in [0.15, 0.2) is 0 Å². The van der Waals surface area contributed by atoms with Gasteiger partial charge in [-0.1, -0.05) is 35.9 Å². The maximum absolute atomic E-state index is 14.0. The molecule has 0 heterocycles. The summed E-state index contributed by atoms with van der Waals surface area (Å²) < 4.78 is 19.1. The zero-order chi connectivity index (χ0) is 19.8. The number of esters is 1. The Kier molecular flexibility index (Phi) is 8.23. The van der Waals surface area contributed by atoms with Gasteiger partial charge in [0.2, 0.25) is 0 Å². The fourth-order valence-electron chi connectivity index (χ4n) is 3.06. The van der Waals surface area contributed by atoms with E-state index in [2.05, 4.69) is 5.32 Å². The van der Waals surface area contributed by atoms with E-state index in [0.29, 0.717) is 36.6 Å². The molecule has 0 fully saturated rings. The normalized spacial score (nSPS) is 13.2. The minimum atomic E-state index is -0.312. The zero-order valence-electron chi connectivity index (χ0n) is 15.7. The van der Waals surface area contributed by atoms with Crippen molar-refractivity contribution < 1.29 is 13.9 Å². The lowest BCUT2D eigenvalue weighted by Gasteiger charge is -2.19. The third kappa shape index (κ3) is 6.31. The lowest BCUT2D eigenvalue weighted by molar-refractivity contribution is -0.148. The van der Waals surface area contributed by atoms with Gasteiger partial charge in [0, 0.05) is 23.2 Å². The van der Waals surface area contributed by atoms with Crippen molar-refractivity contribution in [1.82, 2.24) is 5.32 Å². The molecule has 27 heavy (non-hydrogen) atoms. The molecule has 0 saturated heterocycles. The summed E-state index contributed by atoms with van der Waals surface area (Å²) in [5.41, 5.74) is 8.50. The van der Waals surface area contributed by atoms with Crippen LogP contribution < -0.4 is 11.1 Å². The highest BCUT2D eigenvalue weighted by Gasteiger charge is 2.22. The van der Waals surface area contributed by atoms with Crippen LogP contribution in [0.5, 0.6) is 0 Å². The lowest BCUT2D eigenvalue weighted by Crippen LogP contribution is -2.35. The smallest absolute Gasteiger partial charge is 0.310 e. The summed E-state index contributed by atoms with van der Waals surface area (Å²) in [6.45, 7) is 2.67. The van der Waals surface area contributed by atoms with E-state index in [1.54, 1.807) is 20.0 Å². The van der Waals surface area contributed by atoms with Crippen LogP contribution in [0.3, 0.4) is 0 Å². The van der Waals surface area contributed by atoms with Crippen molar-refractivity contribution in [3.63, 3.8) is 0 Å². The SMILES string of the molecule is CCOC(=O)[C@H](CNC)C[C@H](N)Cc1ccc(-c2cc(Cl)ccc2F)cc1. The molecule has 0 aliphatic rings. The molecule has 3 N–H and O–H groups in total. The Morgan fingerprint density at radius 1 is 1.26 bits per heavy atom. The first kappa shape index (κ1) is 21.4. The van der Waals surface area contributed by atoms with Crippen LogP contribution in [-0.4, -0.2) is 32.2 Å². The Morgan fingerprint density at radius 3 is 2.59 bits per heavy atom. The number of halogens is 2. The van der Waals surface area contributed by atoms with Crippen molar-refractivity contribution in [1.29, 1.82) is 0 Å². The molecule has 0 aliphatic carbocycles. The quantitative estimate of drug-likeness (QED) is 0.637. The van der Waals surface area contributed by atoms with Crippen molar-refractivity contribution in [3.05, 3.63) is 58.9 Å². The van der Waals surface area contributed by atoms with Crippen molar-refractivity contribution in [2.24, 2.45) is 11.7 Å². The number of hydrogen-bond donors (Lipinski definition) is 2. The molecule has 2 aromatic carbocycles. The van der Waals surface area contributed by atoms with E-state index in [-0.39, 0.29) is 23.7 Å². The van der Waals surface area contributed by atoms with Crippen LogP contribution in [0.25, 0.3) is 11.1 Å². The number of carbonyl (C=O) groups is 1.